The highest BCUT2D eigenvalue weighted by molar-refractivity contribution is 5.95. The summed E-state index contributed by atoms with van der Waals surface area (Å²) in [6.45, 7) is 13.0. The second kappa shape index (κ2) is 15.7. The van der Waals surface area contributed by atoms with E-state index >= 15 is 0 Å². The molecule has 54 heavy (non-hydrogen) atoms. The molecule has 3 saturated heterocycles. The fourth-order valence-corrected chi connectivity index (χ4v) is 7.73. The van der Waals surface area contributed by atoms with E-state index in [9.17, 15) is 40.7 Å². The molecule has 3 heterocycles. The van der Waals surface area contributed by atoms with Crippen LogP contribution in [0.5, 0.6) is 0 Å². The smallest absolute Gasteiger partial charge is 0.416 e. The zero-order chi connectivity index (χ0) is 39.8. The van der Waals surface area contributed by atoms with Crippen molar-refractivity contribution in [1.29, 1.82) is 0 Å². The number of rotatable bonds is 7. The number of piperazine rings is 1. The lowest BCUT2D eigenvalue weighted by atomic mass is 9.90. The summed E-state index contributed by atoms with van der Waals surface area (Å²) in [7, 11) is 1.57. The predicted octanol–water partition coefficient (Wildman–Crippen LogP) is 6.80. The molecule has 0 saturated carbocycles. The van der Waals surface area contributed by atoms with Gasteiger partial charge in [0.2, 0.25) is 5.91 Å². The van der Waals surface area contributed by atoms with Gasteiger partial charge in [-0.05, 0) is 84.1 Å². The van der Waals surface area contributed by atoms with Gasteiger partial charge in [-0.15, -0.1) is 0 Å². The van der Waals surface area contributed by atoms with Gasteiger partial charge in [0.15, 0.2) is 0 Å². The number of amides is 3. The minimum absolute atomic E-state index is 0.0389. The van der Waals surface area contributed by atoms with Crippen molar-refractivity contribution in [3.05, 3.63) is 70.8 Å². The van der Waals surface area contributed by atoms with Crippen LogP contribution in [0, 0.1) is 0 Å². The molecule has 0 N–H and O–H groups in total. The van der Waals surface area contributed by atoms with Gasteiger partial charge in [-0.3, -0.25) is 24.3 Å². The fraction of sp³-hybridized carbons (Fsp3) is 0.615. The number of nitrogens with zero attached hydrogens (tertiary/aromatic N) is 5. The van der Waals surface area contributed by atoms with E-state index in [1.807, 2.05) is 30.3 Å². The third-order valence-electron chi connectivity index (χ3n) is 11.0. The van der Waals surface area contributed by atoms with E-state index in [0.717, 1.165) is 38.2 Å². The second-order valence-corrected chi connectivity index (χ2v) is 16.2. The summed E-state index contributed by atoms with van der Waals surface area (Å²) in [6.07, 6.45) is -8.46. The Hall–Kier alpha value is -3.85. The van der Waals surface area contributed by atoms with Gasteiger partial charge in [-0.2, -0.15) is 26.3 Å². The monoisotopic (exact) mass is 767 g/mol. The first kappa shape index (κ1) is 41.3. The van der Waals surface area contributed by atoms with Crippen molar-refractivity contribution < 1.29 is 45.5 Å². The molecule has 0 spiro atoms. The van der Waals surface area contributed by atoms with Crippen LogP contribution in [0.4, 0.5) is 31.1 Å². The van der Waals surface area contributed by atoms with Crippen LogP contribution in [0.2, 0.25) is 0 Å². The maximum Gasteiger partial charge on any atom is 0.416 e. The number of hydrogen-bond acceptors (Lipinski definition) is 6. The zero-order valence-electron chi connectivity index (χ0n) is 31.8. The number of benzene rings is 2. The van der Waals surface area contributed by atoms with E-state index < -0.39 is 58.2 Å². The maximum atomic E-state index is 13.8. The number of ether oxygens (including phenoxy) is 1. The molecule has 3 aliphatic rings. The Kier molecular flexibility index (Phi) is 12.0. The minimum atomic E-state index is -5.06. The minimum Gasteiger partial charge on any atom is -0.444 e. The van der Waals surface area contributed by atoms with Gasteiger partial charge >= 0.3 is 18.4 Å². The Morgan fingerprint density at radius 2 is 1.30 bits per heavy atom. The summed E-state index contributed by atoms with van der Waals surface area (Å²) < 4.78 is 87.4. The van der Waals surface area contributed by atoms with Crippen LogP contribution in [0.15, 0.2) is 48.5 Å². The molecular weight excluding hydrogens is 716 g/mol. The number of likely N-dealkylation sites (N-methyl/N-ethyl adjacent to an activating group) is 1. The van der Waals surface area contributed by atoms with E-state index in [-0.39, 0.29) is 30.6 Å². The van der Waals surface area contributed by atoms with Gasteiger partial charge in [-0.1, -0.05) is 30.3 Å². The van der Waals surface area contributed by atoms with Crippen LogP contribution in [0.3, 0.4) is 0 Å². The summed E-state index contributed by atoms with van der Waals surface area (Å²) >= 11 is 0. The van der Waals surface area contributed by atoms with Crippen LogP contribution in [0.25, 0.3) is 0 Å². The topological polar surface area (TPSA) is 76.6 Å². The number of hydrogen-bond donors (Lipinski definition) is 0. The van der Waals surface area contributed by atoms with Crippen LogP contribution in [-0.4, -0.2) is 125 Å². The highest BCUT2D eigenvalue weighted by atomic mass is 19.4. The van der Waals surface area contributed by atoms with E-state index in [4.69, 9.17) is 4.74 Å². The van der Waals surface area contributed by atoms with E-state index in [0.29, 0.717) is 44.5 Å². The van der Waals surface area contributed by atoms with Gasteiger partial charge in [0, 0.05) is 76.5 Å². The van der Waals surface area contributed by atoms with Gasteiger partial charge in [0.25, 0.3) is 5.91 Å². The summed E-state index contributed by atoms with van der Waals surface area (Å²) in [5, 5.41) is 0. The molecular formula is C39H51F6N5O4. The Labute approximate surface area is 313 Å². The van der Waals surface area contributed by atoms with Crippen LogP contribution < -0.4 is 0 Å². The number of alkyl halides is 6. The number of halogens is 6. The first-order valence-electron chi connectivity index (χ1n) is 18.4. The van der Waals surface area contributed by atoms with Gasteiger partial charge in [0.1, 0.15) is 11.1 Å². The molecule has 9 nitrogen and oxygen atoms in total. The van der Waals surface area contributed by atoms with Crippen LogP contribution in [-0.2, 0) is 28.3 Å². The first-order valence-corrected chi connectivity index (χ1v) is 18.4. The molecule has 2 aromatic rings. The fourth-order valence-electron chi connectivity index (χ4n) is 7.73. The van der Waals surface area contributed by atoms with Gasteiger partial charge < -0.3 is 14.5 Å². The number of carbonyl (C=O) groups is 3. The molecule has 298 valence electrons. The summed E-state index contributed by atoms with van der Waals surface area (Å²) in [4.78, 5) is 49.5. The zero-order valence-corrected chi connectivity index (χ0v) is 31.8. The van der Waals surface area contributed by atoms with Crippen molar-refractivity contribution in [2.75, 3.05) is 52.9 Å². The van der Waals surface area contributed by atoms with Crippen molar-refractivity contribution in [1.82, 2.24) is 24.5 Å². The van der Waals surface area contributed by atoms with Crippen molar-refractivity contribution in [2.24, 2.45) is 0 Å². The van der Waals surface area contributed by atoms with E-state index in [1.165, 1.54) is 9.80 Å². The molecule has 15 heteroatoms. The highest BCUT2D eigenvalue weighted by Crippen LogP contribution is 2.37. The molecule has 2 aromatic carbocycles. The maximum absolute atomic E-state index is 13.8. The Morgan fingerprint density at radius 1 is 0.759 bits per heavy atom. The quantitative estimate of drug-likeness (QED) is 0.289. The molecule has 0 bridgehead atoms. The third kappa shape index (κ3) is 9.68. The standard InChI is InChI=1S/C39H51F6N5O4/c1-36(2,3)54-35(53)46(6)37(4,5)34(52)49-14-12-31(25-49)48-18-16-47(17-19-48)30-13-15-50(32(24-30)20-26-10-8-7-9-11-26)33(51)27-21-28(38(40,41)42)23-29(22-27)39(43,44)45/h7-11,21-23,30-32H,12-20,24-25H2,1-6H3. The SMILES string of the molecule is CN(C(=O)OC(C)(C)C)C(C)(C)C(=O)N1CCC(N2CCN(C3CCN(C(=O)c4cc(C(F)(F)F)cc(C(F)(F)F)c4)C(Cc4ccccc4)C3)CC2)C1. The van der Waals surface area contributed by atoms with Gasteiger partial charge in [-0.25, -0.2) is 4.79 Å². The summed E-state index contributed by atoms with van der Waals surface area (Å²) in [6, 6.07) is 10.2. The Balaban J connectivity index is 1.23. The van der Waals surface area contributed by atoms with Crippen LogP contribution in [0.1, 0.15) is 80.9 Å². The molecule has 3 aliphatic heterocycles. The summed E-state index contributed by atoms with van der Waals surface area (Å²) in [5.41, 5.74) is -4.55. The molecule has 0 aliphatic carbocycles. The lowest BCUT2D eigenvalue weighted by molar-refractivity contribution is -0.143. The lowest BCUT2D eigenvalue weighted by Gasteiger charge is -2.47. The molecule has 3 fully saturated rings. The Bertz CT molecular complexity index is 1620. The lowest BCUT2D eigenvalue weighted by Crippen LogP contribution is -2.59. The molecule has 0 aromatic heterocycles. The second-order valence-electron chi connectivity index (χ2n) is 16.2. The molecule has 0 radical (unpaired) electrons. The molecule has 3 atom stereocenters. The van der Waals surface area contributed by atoms with Crippen molar-refractivity contribution in [2.45, 2.75) is 102 Å². The number of carbonyl (C=O) groups excluding carboxylic acids is 3. The number of likely N-dealkylation sites (tertiary alicyclic amines) is 2. The molecule has 3 amide bonds. The Morgan fingerprint density at radius 3 is 1.83 bits per heavy atom. The molecule has 5 rings (SSSR count). The third-order valence-corrected chi connectivity index (χ3v) is 11.0. The average Bonchev–Trinajstić information content (AvgIpc) is 3.60. The van der Waals surface area contributed by atoms with E-state index in [1.54, 1.807) is 46.6 Å². The largest absolute Gasteiger partial charge is 0.444 e. The van der Waals surface area contributed by atoms with Crippen molar-refractivity contribution >= 4 is 17.9 Å². The van der Waals surface area contributed by atoms with Gasteiger partial charge in [0.05, 0.1) is 11.1 Å². The highest BCUT2D eigenvalue weighted by Gasteiger charge is 2.44. The van der Waals surface area contributed by atoms with Crippen molar-refractivity contribution in [3.63, 3.8) is 0 Å². The normalized spacial score (nSPS) is 22.3. The average molecular weight is 768 g/mol. The summed E-state index contributed by atoms with van der Waals surface area (Å²) in [5.74, 6) is -1.00. The van der Waals surface area contributed by atoms with Crippen LogP contribution >= 0.6 is 0 Å². The predicted molar refractivity (Wildman–Crippen MR) is 191 cm³/mol. The first-order chi connectivity index (χ1) is 25.0. The number of piperidine rings is 1. The van der Waals surface area contributed by atoms with Crippen molar-refractivity contribution in [3.8, 4) is 0 Å². The van der Waals surface area contributed by atoms with E-state index in [2.05, 4.69) is 9.80 Å². The molecule has 3 unspecified atom stereocenters.